The third kappa shape index (κ3) is 3.78. The van der Waals surface area contributed by atoms with Gasteiger partial charge in [0.1, 0.15) is 0 Å². The first kappa shape index (κ1) is 18.5. The number of carbonyl (C=O) groups excluding carboxylic acids is 1. The SMILES string of the molecule is Cc1cc(/C=N\NC(=O)c2ccco2)c(C)n1-c1ccc(Cl)c(C(=O)O)c1. The van der Waals surface area contributed by atoms with Crippen molar-refractivity contribution in [2.45, 2.75) is 13.8 Å². The summed E-state index contributed by atoms with van der Waals surface area (Å²) in [6.07, 6.45) is 2.93. The van der Waals surface area contributed by atoms with E-state index in [9.17, 15) is 14.7 Å². The van der Waals surface area contributed by atoms with E-state index in [2.05, 4.69) is 10.5 Å². The molecule has 0 saturated carbocycles. The lowest BCUT2D eigenvalue weighted by Gasteiger charge is -2.11. The van der Waals surface area contributed by atoms with Crippen LogP contribution in [0.2, 0.25) is 5.02 Å². The van der Waals surface area contributed by atoms with Crippen molar-refractivity contribution < 1.29 is 19.1 Å². The number of amides is 1. The van der Waals surface area contributed by atoms with Gasteiger partial charge in [0.25, 0.3) is 0 Å². The van der Waals surface area contributed by atoms with Crippen LogP contribution in [-0.4, -0.2) is 27.8 Å². The van der Waals surface area contributed by atoms with E-state index in [0.717, 1.165) is 17.0 Å². The maximum atomic E-state index is 11.8. The molecule has 2 N–H and O–H groups in total. The highest BCUT2D eigenvalue weighted by Gasteiger charge is 2.14. The number of rotatable bonds is 5. The van der Waals surface area contributed by atoms with Crippen LogP contribution in [0, 0.1) is 13.8 Å². The summed E-state index contributed by atoms with van der Waals surface area (Å²) in [5.74, 6) is -1.37. The van der Waals surface area contributed by atoms with Crippen LogP contribution in [0.5, 0.6) is 0 Å². The third-order valence-electron chi connectivity index (χ3n) is 4.02. The third-order valence-corrected chi connectivity index (χ3v) is 4.35. The fourth-order valence-electron chi connectivity index (χ4n) is 2.76. The number of halogens is 1. The van der Waals surface area contributed by atoms with Crippen molar-refractivity contribution in [2.75, 3.05) is 0 Å². The topological polar surface area (TPSA) is 96.8 Å². The van der Waals surface area contributed by atoms with Gasteiger partial charge < -0.3 is 14.1 Å². The minimum absolute atomic E-state index is 0.0302. The number of carboxylic acids is 1. The summed E-state index contributed by atoms with van der Waals surface area (Å²) >= 11 is 5.94. The lowest BCUT2D eigenvalue weighted by molar-refractivity contribution is 0.0696. The highest BCUT2D eigenvalue weighted by molar-refractivity contribution is 6.33. The van der Waals surface area contributed by atoms with Gasteiger partial charge in [-0.2, -0.15) is 5.10 Å². The number of furan rings is 1. The minimum Gasteiger partial charge on any atom is -0.478 e. The van der Waals surface area contributed by atoms with Gasteiger partial charge in [-0.05, 0) is 50.2 Å². The first-order valence-electron chi connectivity index (χ1n) is 7.97. The molecule has 0 aliphatic rings. The van der Waals surface area contributed by atoms with Crippen LogP contribution < -0.4 is 5.43 Å². The lowest BCUT2D eigenvalue weighted by Crippen LogP contribution is -2.16. The molecule has 138 valence electrons. The number of nitrogens with one attached hydrogen (secondary N) is 1. The van der Waals surface area contributed by atoms with Crippen molar-refractivity contribution in [1.82, 2.24) is 9.99 Å². The van der Waals surface area contributed by atoms with E-state index in [1.54, 1.807) is 18.2 Å². The van der Waals surface area contributed by atoms with Gasteiger partial charge in [0, 0.05) is 22.6 Å². The number of hydrogen-bond donors (Lipinski definition) is 2. The molecule has 1 amide bonds. The van der Waals surface area contributed by atoms with Crippen LogP contribution in [0.1, 0.15) is 37.9 Å². The fourth-order valence-corrected chi connectivity index (χ4v) is 2.95. The van der Waals surface area contributed by atoms with Crippen molar-refractivity contribution in [3.63, 3.8) is 0 Å². The molecule has 0 fully saturated rings. The molecule has 8 heteroatoms. The Bertz CT molecular complexity index is 1040. The molecule has 3 aromatic rings. The first-order chi connectivity index (χ1) is 12.9. The lowest BCUT2D eigenvalue weighted by atomic mass is 10.2. The van der Waals surface area contributed by atoms with Crippen LogP contribution in [-0.2, 0) is 0 Å². The largest absolute Gasteiger partial charge is 0.478 e. The molecular weight excluding hydrogens is 370 g/mol. The molecule has 1 aromatic carbocycles. The number of aryl methyl sites for hydroxylation is 1. The number of carbonyl (C=O) groups is 2. The van der Waals surface area contributed by atoms with Crippen LogP contribution in [0.25, 0.3) is 5.69 Å². The maximum Gasteiger partial charge on any atom is 0.337 e. The van der Waals surface area contributed by atoms with E-state index in [0.29, 0.717) is 5.69 Å². The Hall–Kier alpha value is -3.32. The Labute approximate surface area is 159 Å². The smallest absolute Gasteiger partial charge is 0.337 e. The quantitative estimate of drug-likeness (QED) is 0.515. The van der Waals surface area contributed by atoms with Crippen molar-refractivity contribution in [2.24, 2.45) is 5.10 Å². The predicted octanol–water partition coefficient (Wildman–Crippen LogP) is 3.80. The zero-order valence-electron chi connectivity index (χ0n) is 14.6. The Morgan fingerprint density at radius 2 is 2.04 bits per heavy atom. The van der Waals surface area contributed by atoms with Crippen molar-refractivity contribution in [3.05, 3.63) is 76.0 Å². The Morgan fingerprint density at radius 3 is 2.70 bits per heavy atom. The van der Waals surface area contributed by atoms with Crippen LogP contribution in [0.3, 0.4) is 0 Å². The molecule has 0 bridgehead atoms. The molecule has 7 nitrogen and oxygen atoms in total. The molecule has 2 heterocycles. The average molecular weight is 386 g/mol. The molecule has 0 spiro atoms. The Morgan fingerprint density at radius 1 is 1.26 bits per heavy atom. The second-order valence-electron chi connectivity index (χ2n) is 5.81. The van der Waals surface area contributed by atoms with E-state index >= 15 is 0 Å². The van der Waals surface area contributed by atoms with E-state index in [1.807, 2.05) is 24.5 Å². The molecule has 27 heavy (non-hydrogen) atoms. The number of carboxylic acid groups (broad SMARTS) is 1. The number of hydrazone groups is 1. The summed E-state index contributed by atoms with van der Waals surface area (Å²) in [7, 11) is 0. The summed E-state index contributed by atoms with van der Waals surface area (Å²) in [4.78, 5) is 23.1. The van der Waals surface area contributed by atoms with Crippen molar-refractivity contribution in [3.8, 4) is 5.69 Å². The number of aromatic carboxylic acids is 1. The molecule has 0 radical (unpaired) electrons. The highest BCUT2D eigenvalue weighted by Crippen LogP contribution is 2.24. The highest BCUT2D eigenvalue weighted by atomic mass is 35.5. The van der Waals surface area contributed by atoms with Crippen molar-refractivity contribution in [1.29, 1.82) is 0 Å². The van der Waals surface area contributed by atoms with Gasteiger partial charge in [-0.25, -0.2) is 10.2 Å². The van der Waals surface area contributed by atoms with E-state index < -0.39 is 11.9 Å². The number of aromatic nitrogens is 1. The molecule has 3 rings (SSSR count). The van der Waals surface area contributed by atoms with E-state index in [1.165, 1.54) is 24.6 Å². The van der Waals surface area contributed by atoms with Crippen LogP contribution >= 0.6 is 11.6 Å². The van der Waals surface area contributed by atoms with Gasteiger partial charge in [-0.1, -0.05) is 11.6 Å². The molecule has 0 unspecified atom stereocenters. The van der Waals surface area contributed by atoms with E-state index in [-0.39, 0.29) is 16.3 Å². The van der Waals surface area contributed by atoms with E-state index in [4.69, 9.17) is 16.0 Å². The Kier molecular flexibility index (Phi) is 5.14. The maximum absolute atomic E-state index is 11.8. The molecule has 0 aliphatic heterocycles. The average Bonchev–Trinajstić information content (AvgIpc) is 3.25. The second-order valence-corrected chi connectivity index (χ2v) is 6.21. The predicted molar refractivity (Wildman–Crippen MR) is 101 cm³/mol. The summed E-state index contributed by atoms with van der Waals surface area (Å²) in [5.41, 5.74) is 5.59. The molecule has 0 aliphatic carbocycles. The zero-order valence-corrected chi connectivity index (χ0v) is 15.3. The summed E-state index contributed by atoms with van der Waals surface area (Å²) in [6, 6.07) is 9.85. The molecular formula is C19H16ClN3O4. The Balaban J connectivity index is 1.87. The van der Waals surface area contributed by atoms with Crippen LogP contribution in [0.4, 0.5) is 0 Å². The molecule has 2 aromatic heterocycles. The van der Waals surface area contributed by atoms with Crippen molar-refractivity contribution >= 4 is 29.7 Å². The fraction of sp³-hybridized carbons (Fsp3) is 0.105. The normalized spacial score (nSPS) is 11.1. The summed E-state index contributed by atoms with van der Waals surface area (Å²) in [6.45, 7) is 3.76. The molecule has 0 saturated heterocycles. The van der Waals surface area contributed by atoms with Gasteiger partial charge in [0.2, 0.25) is 0 Å². The van der Waals surface area contributed by atoms with Gasteiger partial charge in [-0.15, -0.1) is 0 Å². The number of nitrogens with zero attached hydrogens (tertiary/aromatic N) is 2. The second kappa shape index (κ2) is 7.51. The van der Waals surface area contributed by atoms with Gasteiger partial charge in [0.05, 0.1) is 23.1 Å². The monoisotopic (exact) mass is 385 g/mol. The standard InChI is InChI=1S/C19H16ClN3O4/c1-11-8-13(10-21-22-18(24)17-4-3-7-27-17)12(2)23(11)14-5-6-16(20)15(9-14)19(25)26/h3-10H,1-2H3,(H,22,24)(H,25,26)/b21-10-. The number of hydrogen-bond acceptors (Lipinski definition) is 4. The van der Waals surface area contributed by atoms with Gasteiger partial charge in [-0.3, -0.25) is 4.79 Å². The van der Waals surface area contributed by atoms with Gasteiger partial charge >= 0.3 is 11.9 Å². The number of benzene rings is 1. The first-order valence-corrected chi connectivity index (χ1v) is 8.35. The van der Waals surface area contributed by atoms with Crippen LogP contribution in [0.15, 0.2) is 52.2 Å². The summed E-state index contributed by atoms with van der Waals surface area (Å²) < 4.78 is 6.88. The minimum atomic E-state index is -1.09. The molecule has 0 atom stereocenters. The zero-order chi connectivity index (χ0) is 19.6. The van der Waals surface area contributed by atoms with Gasteiger partial charge in [0.15, 0.2) is 5.76 Å². The summed E-state index contributed by atoms with van der Waals surface area (Å²) in [5, 5.41) is 13.4.